The van der Waals surface area contributed by atoms with Gasteiger partial charge in [-0.05, 0) is 60.3 Å². The largest absolute Gasteiger partial charge is 0.481 e. The molecule has 0 radical (unpaired) electrons. The molecule has 3 atom stereocenters. The minimum Gasteiger partial charge on any atom is -0.481 e. The highest BCUT2D eigenvalue weighted by Gasteiger charge is 2.50. The van der Waals surface area contributed by atoms with Gasteiger partial charge in [-0.15, -0.1) is 0 Å². The number of hydrogen-bond acceptors (Lipinski definition) is 4. The van der Waals surface area contributed by atoms with Crippen LogP contribution in [0, 0.1) is 17.8 Å². The predicted molar refractivity (Wildman–Crippen MR) is 122 cm³/mol. The van der Waals surface area contributed by atoms with Gasteiger partial charge in [0.1, 0.15) is 12.1 Å². The Kier molecular flexibility index (Phi) is 5.35. The van der Waals surface area contributed by atoms with Gasteiger partial charge in [0, 0.05) is 12.5 Å². The molecular formula is C26H28N2O5. The quantitative estimate of drug-likeness (QED) is 0.573. The van der Waals surface area contributed by atoms with Crippen molar-refractivity contribution in [3.8, 4) is 11.1 Å². The number of carbonyl (C=O) groups is 3. The summed E-state index contributed by atoms with van der Waals surface area (Å²) in [4.78, 5) is 36.8. The second-order valence-corrected chi connectivity index (χ2v) is 9.58. The standard InChI is InChI=1S/C26H28N2O5/c1-26(16-10-11-16,24(31)27-13-15-12-21(15)23(29)30)28-25(32)33-14-22-19-8-4-2-6-17(19)18-7-3-5-9-20(18)22/h2-9,15-16,21-22H,10-14H2,1H3,(H,27,31)(H,28,32)(H,29,30). The van der Waals surface area contributed by atoms with Crippen LogP contribution in [0.25, 0.3) is 11.1 Å². The molecule has 172 valence electrons. The Morgan fingerprint density at radius 3 is 2.18 bits per heavy atom. The molecule has 2 amide bonds. The number of alkyl carbamates (subject to hydrolysis) is 1. The van der Waals surface area contributed by atoms with Crippen molar-refractivity contribution in [1.29, 1.82) is 0 Å². The monoisotopic (exact) mass is 448 g/mol. The lowest BCUT2D eigenvalue weighted by atomic mass is 9.94. The average Bonchev–Trinajstić information content (AvgIpc) is 3.72. The van der Waals surface area contributed by atoms with Crippen LogP contribution in [0.5, 0.6) is 0 Å². The van der Waals surface area contributed by atoms with Gasteiger partial charge in [-0.1, -0.05) is 48.5 Å². The molecule has 0 spiro atoms. The SMILES string of the molecule is CC(NC(=O)OCC1c2ccccc2-c2ccccc21)(C(=O)NCC1CC1C(=O)O)C1CC1. The molecule has 3 aliphatic carbocycles. The van der Waals surface area contributed by atoms with E-state index in [0.29, 0.717) is 13.0 Å². The molecular weight excluding hydrogens is 420 g/mol. The molecule has 33 heavy (non-hydrogen) atoms. The van der Waals surface area contributed by atoms with E-state index in [0.717, 1.165) is 35.1 Å². The Labute approximate surface area is 192 Å². The number of hydrogen-bond donors (Lipinski definition) is 3. The number of carboxylic acid groups (broad SMARTS) is 1. The highest BCUT2D eigenvalue weighted by molar-refractivity contribution is 5.90. The molecule has 3 N–H and O–H groups in total. The van der Waals surface area contributed by atoms with Gasteiger partial charge in [-0.3, -0.25) is 9.59 Å². The van der Waals surface area contributed by atoms with Gasteiger partial charge in [0.2, 0.25) is 5.91 Å². The van der Waals surface area contributed by atoms with Crippen LogP contribution in [0.15, 0.2) is 48.5 Å². The van der Waals surface area contributed by atoms with Gasteiger partial charge in [0.25, 0.3) is 0 Å². The van der Waals surface area contributed by atoms with Crippen molar-refractivity contribution < 1.29 is 24.2 Å². The maximum atomic E-state index is 12.9. The Bertz CT molecular complexity index is 1070. The summed E-state index contributed by atoms with van der Waals surface area (Å²) >= 11 is 0. The first-order valence-electron chi connectivity index (χ1n) is 11.5. The van der Waals surface area contributed by atoms with Crippen molar-refractivity contribution >= 4 is 18.0 Å². The van der Waals surface area contributed by atoms with Crippen LogP contribution in [0.1, 0.15) is 43.2 Å². The molecule has 2 aromatic rings. The van der Waals surface area contributed by atoms with Crippen LogP contribution in [0.3, 0.4) is 0 Å². The van der Waals surface area contributed by atoms with Crippen LogP contribution >= 0.6 is 0 Å². The summed E-state index contributed by atoms with van der Waals surface area (Å²) in [7, 11) is 0. The van der Waals surface area contributed by atoms with Crippen LogP contribution in [-0.4, -0.2) is 41.8 Å². The van der Waals surface area contributed by atoms with Crippen LogP contribution in [0.2, 0.25) is 0 Å². The van der Waals surface area contributed by atoms with E-state index in [-0.39, 0.29) is 36.2 Å². The molecule has 7 heteroatoms. The summed E-state index contributed by atoms with van der Waals surface area (Å²) < 4.78 is 5.64. The second-order valence-electron chi connectivity index (χ2n) is 9.58. The van der Waals surface area contributed by atoms with Gasteiger partial charge < -0.3 is 20.5 Å². The van der Waals surface area contributed by atoms with Crippen molar-refractivity contribution in [1.82, 2.24) is 10.6 Å². The first kappa shape index (κ1) is 21.5. The first-order chi connectivity index (χ1) is 15.9. The number of carboxylic acids is 1. The molecule has 2 aromatic carbocycles. The van der Waals surface area contributed by atoms with Gasteiger partial charge in [-0.25, -0.2) is 4.79 Å². The molecule has 0 aromatic heterocycles. The molecule has 2 fully saturated rings. The fraction of sp³-hybridized carbons (Fsp3) is 0.423. The molecule has 5 rings (SSSR count). The molecule has 0 saturated heterocycles. The predicted octanol–water partition coefficient (Wildman–Crippen LogP) is 3.53. The third kappa shape index (κ3) is 4.08. The minimum absolute atomic E-state index is 0.0376. The van der Waals surface area contributed by atoms with E-state index in [1.807, 2.05) is 24.3 Å². The topological polar surface area (TPSA) is 105 Å². The van der Waals surface area contributed by atoms with E-state index in [1.54, 1.807) is 6.92 Å². The first-order valence-corrected chi connectivity index (χ1v) is 11.5. The Balaban J connectivity index is 1.22. The van der Waals surface area contributed by atoms with E-state index in [2.05, 4.69) is 34.9 Å². The van der Waals surface area contributed by atoms with E-state index in [1.165, 1.54) is 0 Å². The smallest absolute Gasteiger partial charge is 0.408 e. The summed E-state index contributed by atoms with van der Waals surface area (Å²) in [5, 5.41) is 14.7. The number of rotatable bonds is 8. The van der Waals surface area contributed by atoms with E-state index >= 15 is 0 Å². The van der Waals surface area contributed by atoms with Gasteiger partial charge in [0.05, 0.1) is 5.92 Å². The second kappa shape index (κ2) is 8.21. The number of aliphatic carboxylic acids is 1. The lowest BCUT2D eigenvalue weighted by Crippen LogP contribution is -2.58. The molecule has 3 aliphatic rings. The number of ether oxygens (including phenoxy) is 1. The molecule has 0 aliphatic heterocycles. The van der Waals surface area contributed by atoms with Crippen molar-refractivity contribution in [3.05, 3.63) is 59.7 Å². The number of benzene rings is 2. The van der Waals surface area contributed by atoms with Gasteiger partial charge in [-0.2, -0.15) is 0 Å². The highest BCUT2D eigenvalue weighted by Crippen LogP contribution is 2.45. The third-order valence-corrected chi connectivity index (χ3v) is 7.34. The normalized spacial score (nSPS) is 22.5. The van der Waals surface area contributed by atoms with Crippen LogP contribution in [-0.2, 0) is 14.3 Å². The summed E-state index contributed by atoms with van der Waals surface area (Å²) in [6.07, 6.45) is 1.68. The van der Waals surface area contributed by atoms with Crippen molar-refractivity contribution in [2.24, 2.45) is 17.8 Å². The summed E-state index contributed by atoms with van der Waals surface area (Å²) in [5.41, 5.74) is 3.50. The minimum atomic E-state index is -1.07. The van der Waals surface area contributed by atoms with Crippen molar-refractivity contribution in [2.45, 2.75) is 37.6 Å². The number of amides is 2. The maximum absolute atomic E-state index is 12.9. The summed E-state index contributed by atoms with van der Waals surface area (Å²) in [5.74, 6) is -1.53. The van der Waals surface area contributed by atoms with Crippen molar-refractivity contribution in [2.75, 3.05) is 13.2 Å². The average molecular weight is 449 g/mol. The zero-order valence-corrected chi connectivity index (χ0v) is 18.5. The third-order valence-electron chi connectivity index (χ3n) is 7.34. The molecule has 3 unspecified atom stereocenters. The molecule has 0 bridgehead atoms. The van der Waals surface area contributed by atoms with E-state index < -0.39 is 17.6 Å². The Morgan fingerprint density at radius 1 is 1.03 bits per heavy atom. The van der Waals surface area contributed by atoms with Gasteiger partial charge >= 0.3 is 12.1 Å². The lowest BCUT2D eigenvalue weighted by Gasteiger charge is -2.29. The fourth-order valence-corrected chi connectivity index (χ4v) is 5.03. The zero-order chi connectivity index (χ0) is 23.2. The number of carbonyl (C=O) groups excluding carboxylic acids is 2. The maximum Gasteiger partial charge on any atom is 0.408 e. The van der Waals surface area contributed by atoms with Crippen LogP contribution < -0.4 is 10.6 Å². The molecule has 7 nitrogen and oxygen atoms in total. The number of nitrogens with one attached hydrogen (secondary N) is 2. The lowest BCUT2D eigenvalue weighted by molar-refractivity contribution is -0.139. The fourth-order valence-electron chi connectivity index (χ4n) is 5.03. The van der Waals surface area contributed by atoms with E-state index in [9.17, 15) is 14.4 Å². The highest BCUT2D eigenvalue weighted by atomic mass is 16.5. The van der Waals surface area contributed by atoms with Gasteiger partial charge in [0.15, 0.2) is 0 Å². The molecule has 0 heterocycles. The Hall–Kier alpha value is -3.35. The van der Waals surface area contributed by atoms with Crippen molar-refractivity contribution in [3.63, 3.8) is 0 Å². The summed E-state index contributed by atoms with van der Waals surface area (Å²) in [6.45, 7) is 2.22. The molecule has 2 saturated carbocycles. The van der Waals surface area contributed by atoms with Crippen LogP contribution in [0.4, 0.5) is 4.79 Å². The number of fused-ring (bicyclic) bond motifs is 3. The summed E-state index contributed by atoms with van der Waals surface area (Å²) in [6, 6.07) is 16.3. The Morgan fingerprint density at radius 2 is 1.64 bits per heavy atom. The van der Waals surface area contributed by atoms with E-state index in [4.69, 9.17) is 9.84 Å². The zero-order valence-electron chi connectivity index (χ0n) is 18.5.